The summed E-state index contributed by atoms with van der Waals surface area (Å²) in [6, 6.07) is 9.46. The lowest BCUT2D eigenvalue weighted by molar-refractivity contribution is -0.122. The van der Waals surface area contributed by atoms with E-state index in [0.29, 0.717) is 47.5 Å². The van der Waals surface area contributed by atoms with Crippen LogP contribution >= 0.6 is 34.3 Å². The fraction of sp³-hybridized carbons (Fsp3) is 0.391. The quantitative estimate of drug-likeness (QED) is 0.414. The maximum Gasteiger partial charge on any atom is 0.252 e. The Morgan fingerprint density at radius 3 is 2.58 bits per heavy atom. The Morgan fingerprint density at radius 1 is 1.24 bits per heavy atom. The minimum absolute atomic E-state index is 0.195. The molecule has 0 saturated carbocycles. The Kier molecular flexibility index (Phi) is 7.26. The molecule has 1 saturated heterocycles. The summed E-state index contributed by atoms with van der Waals surface area (Å²) in [6.45, 7) is 9.30. The molecule has 0 spiro atoms. The van der Waals surface area contributed by atoms with Gasteiger partial charge in [-0.25, -0.2) is 8.42 Å². The summed E-state index contributed by atoms with van der Waals surface area (Å²) < 4.78 is 30.8. The second-order valence-electron chi connectivity index (χ2n) is 8.35. The lowest BCUT2D eigenvalue weighted by Crippen LogP contribution is -2.40. The number of hydrogen-bond donors (Lipinski definition) is 0. The van der Waals surface area contributed by atoms with E-state index in [0.717, 1.165) is 21.6 Å². The lowest BCUT2D eigenvalue weighted by atomic mass is 9.98. The molecule has 0 radical (unpaired) electrons. The van der Waals surface area contributed by atoms with Gasteiger partial charge in [0.1, 0.15) is 4.21 Å². The second-order valence-corrected chi connectivity index (χ2v) is 13.2. The first-order chi connectivity index (χ1) is 15.7. The van der Waals surface area contributed by atoms with Gasteiger partial charge in [-0.15, -0.1) is 17.9 Å². The SMILES string of the molecule is C=CCn1c(=NC(=O)C2CCN(S(=O)(=O)c3ccc(Cl)s3)CC2)sc2cc(C(C)C)ccc21. The molecule has 1 amide bonds. The summed E-state index contributed by atoms with van der Waals surface area (Å²) in [5.74, 6) is -0.0744. The van der Waals surface area contributed by atoms with Crippen LogP contribution in [-0.4, -0.2) is 36.3 Å². The Bertz CT molecular complexity index is 1360. The average Bonchev–Trinajstić information content (AvgIpc) is 3.38. The zero-order chi connectivity index (χ0) is 23.8. The van der Waals surface area contributed by atoms with Crippen molar-refractivity contribution >= 4 is 60.4 Å². The summed E-state index contributed by atoms with van der Waals surface area (Å²) in [5, 5.41) is 0. The van der Waals surface area contributed by atoms with Crippen LogP contribution < -0.4 is 4.80 Å². The van der Waals surface area contributed by atoms with Crippen LogP contribution in [-0.2, 0) is 21.4 Å². The highest BCUT2D eigenvalue weighted by Crippen LogP contribution is 2.31. The minimum Gasteiger partial charge on any atom is -0.313 e. The van der Waals surface area contributed by atoms with Crippen molar-refractivity contribution in [1.82, 2.24) is 8.87 Å². The molecule has 6 nitrogen and oxygen atoms in total. The van der Waals surface area contributed by atoms with Gasteiger partial charge in [-0.3, -0.25) is 4.79 Å². The molecule has 4 rings (SSSR count). The minimum atomic E-state index is -3.58. The molecule has 1 aliphatic heterocycles. The van der Waals surface area contributed by atoms with E-state index in [9.17, 15) is 13.2 Å². The van der Waals surface area contributed by atoms with E-state index in [1.807, 2.05) is 4.57 Å². The van der Waals surface area contributed by atoms with Crippen LogP contribution in [0.1, 0.15) is 38.2 Å². The summed E-state index contributed by atoms with van der Waals surface area (Å²) in [5.41, 5.74) is 2.28. The number of carbonyl (C=O) groups is 1. The Morgan fingerprint density at radius 2 is 1.97 bits per heavy atom. The fourth-order valence-corrected chi connectivity index (χ4v) is 8.13. The van der Waals surface area contributed by atoms with Crippen LogP contribution in [0.5, 0.6) is 0 Å². The molecule has 0 N–H and O–H groups in total. The smallest absolute Gasteiger partial charge is 0.252 e. The predicted octanol–water partition coefficient (Wildman–Crippen LogP) is 5.26. The third-order valence-electron chi connectivity index (χ3n) is 5.84. The molecule has 3 aromatic rings. The molecule has 176 valence electrons. The van der Waals surface area contributed by atoms with E-state index < -0.39 is 10.0 Å². The van der Waals surface area contributed by atoms with E-state index in [4.69, 9.17) is 11.6 Å². The van der Waals surface area contributed by atoms with E-state index >= 15 is 0 Å². The first-order valence-electron chi connectivity index (χ1n) is 10.8. The molecular formula is C23H26ClN3O3S3. The number of halogens is 1. The number of sulfonamides is 1. The van der Waals surface area contributed by atoms with E-state index in [-0.39, 0.29) is 16.0 Å². The maximum absolute atomic E-state index is 13.0. The van der Waals surface area contributed by atoms with Crippen LogP contribution in [0, 0.1) is 5.92 Å². The molecule has 0 atom stereocenters. The molecule has 33 heavy (non-hydrogen) atoms. The number of carbonyl (C=O) groups excluding carboxylic acids is 1. The highest BCUT2D eigenvalue weighted by Gasteiger charge is 2.33. The first-order valence-corrected chi connectivity index (χ1v) is 14.2. The zero-order valence-electron chi connectivity index (χ0n) is 18.5. The summed E-state index contributed by atoms with van der Waals surface area (Å²) in [4.78, 5) is 18.1. The molecule has 3 heterocycles. The lowest BCUT2D eigenvalue weighted by Gasteiger charge is -2.29. The third-order valence-corrected chi connectivity index (χ3v) is 10.5. The number of amides is 1. The van der Waals surface area contributed by atoms with Crippen molar-refractivity contribution in [3.05, 3.63) is 57.7 Å². The van der Waals surface area contributed by atoms with Crippen LogP contribution in [0.3, 0.4) is 0 Å². The van der Waals surface area contributed by atoms with Crippen molar-refractivity contribution in [1.29, 1.82) is 0 Å². The van der Waals surface area contributed by atoms with Crippen molar-refractivity contribution in [2.24, 2.45) is 10.9 Å². The molecule has 0 unspecified atom stereocenters. The number of allylic oxidation sites excluding steroid dienone is 1. The fourth-order valence-electron chi connectivity index (χ4n) is 3.93. The molecule has 0 bridgehead atoms. The molecule has 0 aliphatic carbocycles. The number of piperidine rings is 1. The van der Waals surface area contributed by atoms with Crippen molar-refractivity contribution in [3.8, 4) is 0 Å². The molecule has 1 aliphatic rings. The highest BCUT2D eigenvalue weighted by atomic mass is 35.5. The molecule has 1 aromatic carbocycles. The average molecular weight is 524 g/mol. The van der Waals surface area contributed by atoms with Gasteiger partial charge in [-0.2, -0.15) is 9.30 Å². The van der Waals surface area contributed by atoms with Crippen LogP contribution in [0.2, 0.25) is 4.34 Å². The first kappa shape index (κ1) is 24.3. The molecule has 2 aromatic heterocycles. The Hall–Kier alpha value is -1.78. The second kappa shape index (κ2) is 9.84. The zero-order valence-corrected chi connectivity index (χ0v) is 21.7. The number of rotatable bonds is 6. The Balaban J connectivity index is 1.55. The summed E-state index contributed by atoms with van der Waals surface area (Å²) >= 11 is 8.46. The van der Waals surface area contributed by atoms with E-state index in [2.05, 4.69) is 43.6 Å². The van der Waals surface area contributed by atoms with Gasteiger partial charge in [0.2, 0.25) is 0 Å². The number of aromatic nitrogens is 1. The largest absolute Gasteiger partial charge is 0.313 e. The van der Waals surface area contributed by atoms with Gasteiger partial charge in [0.25, 0.3) is 15.9 Å². The van der Waals surface area contributed by atoms with E-state index in [1.54, 1.807) is 12.1 Å². The van der Waals surface area contributed by atoms with Crippen LogP contribution in [0.15, 0.2) is 52.2 Å². The van der Waals surface area contributed by atoms with Crippen molar-refractivity contribution in [3.63, 3.8) is 0 Å². The van der Waals surface area contributed by atoms with Gasteiger partial charge in [0, 0.05) is 25.6 Å². The van der Waals surface area contributed by atoms with Crippen molar-refractivity contribution in [2.45, 2.75) is 43.4 Å². The standard InChI is InChI=1S/C23H26ClN3O3S3/c1-4-11-27-18-6-5-17(15(2)3)14-19(18)31-23(27)25-22(28)16-9-12-26(13-10-16)33(29,30)21-8-7-20(24)32-21/h4-8,14-16H,1,9-13H2,2-3H3. The van der Waals surface area contributed by atoms with Crippen molar-refractivity contribution < 1.29 is 13.2 Å². The van der Waals surface area contributed by atoms with Gasteiger partial charge >= 0.3 is 0 Å². The van der Waals surface area contributed by atoms with Gasteiger partial charge in [0.15, 0.2) is 4.80 Å². The number of nitrogens with zero attached hydrogens (tertiary/aromatic N) is 3. The monoisotopic (exact) mass is 523 g/mol. The molecule has 10 heteroatoms. The summed E-state index contributed by atoms with van der Waals surface area (Å²) in [6.07, 6.45) is 2.70. The third kappa shape index (κ3) is 5.02. The van der Waals surface area contributed by atoms with Gasteiger partial charge in [-0.05, 0) is 48.6 Å². The topological polar surface area (TPSA) is 71.7 Å². The van der Waals surface area contributed by atoms with E-state index in [1.165, 1.54) is 27.3 Å². The summed E-state index contributed by atoms with van der Waals surface area (Å²) in [7, 11) is -3.58. The normalized spacial score (nSPS) is 16.7. The van der Waals surface area contributed by atoms with Gasteiger partial charge in [-0.1, -0.05) is 48.9 Å². The van der Waals surface area contributed by atoms with Crippen LogP contribution in [0.4, 0.5) is 0 Å². The molecule has 1 fully saturated rings. The Labute approximate surface area is 206 Å². The highest BCUT2D eigenvalue weighted by molar-refractivity contribution is 7.91. The van der Waals surface area contributed by atoms with Gasteiger partial charge < -0.3 is 4.57 Å². The number of thiophene rings is 1. The van der Waals surface area contributed by atoms with Crippen LogP contribution in [0.25, 0.3) is 10.2 Å². The van der Waals surface area contributed by atoms with Crippen molar-refractivity contribution in [2.75, 3.05) is 13.1 Å². The molecular weight excluding hydrogens is 498 g/mol. The predicted molar refractivity (Wildman–Crippen MR) is 135 cm³/mol. The number of hydrogen-bond acceptors (Lipinski definition) is 5. The number of thiazole rings is 1. The maximum atomic E-state index is 13.0. The number of benzene rings is 1. The number of fused-ring (bicyclic) bond motifs is 1. The van der Waals surface area contributed by atoms with Gasteiger partial charge in [0.05, 0.1) is 14.6 Å².